The molecule has 2 aromatic carbocycles. The predicted molar refractivity (Wildman–Crippen MR) is 155 cm³/mol. The van der Waals surface area contributed by atoms with E-state index in [1.165, 1.54) is 59.0 Å². The molecule has 1 atom stereocenters. The molecule has 6 rings (SSSR count). The van der Waals surface area contributed by atoms with Crippen molar-refractivity contribution >= 4 is 16.8 Å². The Labute approximate surface area is 223 Å². The summed E-state index contributed by atoms with van der Waals surface area (Å²) in [7, 11) is 0. The van der Waals surface area contributed by atoms with Gasteiger partial charge in [0.2, 0.25) is 5.91 Å². The lowest BCUT2D eigenvalue weighted by Crippen LogP contribution is -2.55. The van der Waals surface area contributed by atoms with Gasteiger partial charge in [0, 0.05) is 30.0 Å². The van der Waals surface area contributed by atoms with Crippen molar-refractivity contribution in [1.29, 1.82) is 0 Å². The molecule has 3 fully saturated rings. The highest BCUT2D eigenvalue weighted by Gasteiger charge is 2.42. The Balaban J connectivity index is 1.57. The molecule has 2 N–H and O–H groups in total. The summed E-state index contributed by atoms with van der Waals surface area (Å²) < 4.78 is 0. The number of aryl methyl sites for hydroxylation is 2. The fourth-order valence-electron chi connectivity index (χ4n) is 6.86. The molecule has 0 radical (unpaired) electrons. The number of amides is 1. The molecule has 1 aliphatic carbocycles. The zero-order valence-electron chi connectivity index (χ0n) is 23.7. The van der Waals surface area contributed by atoms with Gasteiger partial charge in [-0.2, -0.15) is 0 Å². The fourth-order valence-corrected chi connectivity index (χ4v) is 6.86. The Morgan fingerprint density at radius 2 is 1.78 bits per heavy atom. The van der Waals surface area contributed by atoms with Gasteiger partial charge in [-0.25, -0.2) is 0 Å². The zero-order valence-corrected chi connectivity index (χ0v) is 23.7. The Kier molecular flexibility index (Phi) is 7.24. The first-order chi connectivity index (χ1) is 17.7. The summed E-state index contributed by atoms with van der Waals surface area (Å²) in [5.41, 5.74) is 8.08. The SMILES string of the molecule is CCCNC[C@@H](C)c1c(-c2cc(C)cc(C)c2)[nH]c2ccc(C(C)(C)C(=O)N3CC4CCC3CC4)cc12. The maximum Gasteiger partial charge on any atom is 0.232 e. The van der Waals surface area contributed by atoms with Crippen LogP contribution in [0.15, 0.2) is 36.4 Å². The van der Waals surface area contributed by atoms with Gasteiger partial charge in [-0.1, -0.05) is 37.1 Å². The normalized spacial score (nSPS) is 20.5. The summed E-state index contributed by atoms with van der Waals surface area (Å²) in [5, 5.41) is 4.88. The highest BCUT2D eigenvalue weighted by molar-refractivity contribution is 5.94. The summed E-state index contributed by atoms with van der Waals surface area (Å²) in [5.74, 6) is 1.33. The average molecular weight is 500 g/mol. The Hall–Kier alpha value is -2.59. The topological polar surface area (TPSA) is 48.1 Å². The molecule has 2 aliphatic heterocycles. The molecule has 2 saturated heterocycles. The van der Waals surface area contributed by atoms with Crippen LogP contribution >= 0.6 is 0 Å². The number of aromatic nitrogens is 1. The molecule has 3 aromatic rings. The number of nitrogens with zero attached hydrogens (tertiary/aromatic N) is 1. The van der Waals surface area contributed by atoms with E-state index >= 15 is 0 Å². The number of benzene rings is 2. The first-order valence-corrected chi connectivity index (χ1v) is 14.5. The van der Waals surface area contributed by atoms with E-state index < -0.39 is 5.41 Å². The van der Waals surface area contributed by atoms with Crippen molar-refractivity contribution in [2.24, 2.45) is 5.92 Å². The number of aromatic amines is 1. The van der Waals surface area contributed by atoms with Crippen molar-refractivity contribution in [3.63, 3.8) is 0 Å². The van der Waals surface area contributed by atoms with E-state index in [1.807, 2.05) is 0 Å². The number of hydrogen-bond acceptors (Lipinski definition) is 2. The lowest BCUT2D eigenvalue weighted by atomic mass is 9.76. The highest BCUT2D eigenvalue weighted by Crippen LogP contribution is 2.41. The zero-order chi connectivity index (χ0) is 26.3. The van der Waals surface area contributed by atoms with E-state index in [4.69, 9.17) is 0 Å². The summed E-state index contributed by atoms with van der Waals surface area (Å²) >= 11 is 0. The first-order valence-electron chi connectivity index (χ1n) is 14.5. The van der Waals surface area contributed by atoms with Crippen molar-refractivity contribution < 1.29 is 4.79 Å². The van der Waals surface area contributed by atoms with Crippen LogP contribution in [0.2, 0.25) is 0 Å². The molecule has 4 nitrogen and oxygen atoms in total. The van der Waals surface area contributed by atoms with E-state index in [-0.39, 0.29) is 0 Å². The third-order valence-corrected chi connectivity index (χ3v) is 8.95. The van der Waals surface area contributed by atoms with Crippen LogP contribution in [-0.4, -0.2) is 41.5 Å². The van der Waals surface area contributed by atoms with E-state index in [0.29, 0.717) is 23.8 Å². The number of rotatable bonds is 8. The van der Waals surface area contributed by atoms with Crippen molar-refractivity contribution in [2.75, 3.05) is 19.6 Å². The third-order valence-electron chi connectivity index (χ3n) is 8.95. The van der Waals surface area contributed by atoms with Crippen LogP contribution in [0.1, 0.15) is 88.0 Å². The predicted octanol–water partition coefficient (Wildman–Crippen LogP) is 7.23. The molecule has 1 amide bonds. The minimum atomic E-state index is -0.552. The van der Waals surface area contributed by atoms with Crippen molar-refractivity contribution in [1.82, 2.24) is 15.2 Å². The maximum atomic E-state index is 13.9. The number of piperidine rings is 2. The van der Waals surface area contributed by atoms with E-state index in [9.17, 15) is 4.79 Å². The standard InChI is InChI=1S/C33H45N3O/c1-7-14-34-19-23(4)30-28-18-26(33(5,6)32(37)36-20-24-8-11-27(36)12-9-24)10-13-29(28)35-31(30)25-16-21(2)15-22(3)17-25/h10,13,15-18,23-24,27,34-35H,7-9,11-12,14,19-20H2,1-6H3/t23-,24?,27?/m1/s1. The van der Waals surface area contributed by atoms with Crippen LogP contribution in [0.4, 0.5) is 0 Å². The number of H-pyrrole nitrogens is 1. The van der Waals surface area contributed by atoms with Crippen LogP contribution in [0.3, 0.4) is 0 Å². The van der Waals surface area contributed by atoms with E-state index in [2.05, 4.69) is 93.1 Å². The molecule has 37 heavy (non-hydrogen) atoms. The van der Waals surface area contributed by atoms with Crippen molar-refractivity contribution in [3.05, 3.63) is 58.7 Å². The second-order valence-corrected chi connectivity index (χ2v) is 12.4. The fraction of sp³-hybridized carbons (Fsp3) is 0.545. The number of hydrogen-bond donors (Lipinski definition) is 2. The van der Waals surface area contributed by atoms with Gasteiger partial charge in [-0.3, -0.25) is 4.79 Å². The van der Waals surface area contributed by atoms with Crippen LogP contribution in [0.5, 0.6) is 0 Å². The van der Waals surface area contributed by atoms with Crippen molar-refractivity contribution in [2.45, 2.75) is 91.0 Å². The molecule has 3 heterocycles. The molecule has 198 valence electrons. The van der Waals surface area contributed by atoms with Gasteiger partial charge in [0.15, 0.2) is 0 Å². The Morgan fingerprint density at radius 3 is 2.41 bits per heavy atom. The highest BCUT2D eigenvalue weighted by atomic mass is 16.2. The quantitative estimate of drug-likeness (QED) is 0.321. The van der Waals surface area contributed by atoms with Crippen LogP contribution < -0.4 is 5.32 Å². The Morgan fingerprint density at radius 1 is 1.08 bits per heavy atom. The molecular formula is C33H45N3O. The van der Waals surface area contributed by atoms with Gasteiger partial charge in [0.25, 0.3) is 0 Å². The van der Waals surface area contributed by atoms with E-state index in [1.54, 1.807) is 0 Å². The van der Waals surface area contributed by atoms with Gasteiger partial charge < -0.3 is 15.2 Å². The lowest BCUT2D eigenvalue weighted by Gasteiger charge is -2.47. The molecule has 3 aliphatic rings. The summed E-state index contributed by atoms with van der Waals surface area (Å²) in [4.78, 5) is 19.9. The van der Waals surface area contributed by atoms with Crippen LogP contribution in [-0.2, 0) is 10.2 Å². The second-order valence-electron chi connectivity index (χ2n) is 12.4. The molecule has 0 unspecified atom stereocenters. The number of carbonyl (C=O) groups is 1. The molecule has 0 spiro atoms. The largest absolute Gasteiger partial charge is 0.354 e. The first kappa shape index (κ1) is 26.0. The van der Waals surface area contributed by atoms with Gasteiger partial charge in [-0.05, 0) is 119 Å². The number of carbonyl (C=O) groups excluding carboxylic acids is 1. The summed E-state index contributed by atoms with van der Waals surface area (Å²) in [6.45, 7) is 16.0. The molecular weight excluding hydrogens is 454 g/mol. The Bertz CT molecular complexity index is 1260. The maximum absolute atomic E-state index is 13.9. The summed E-state index contributed by atoms with van der Waals surface area (Å²) in [6, 6.07) is 13.9. The molecule has 1 aromatic heterocycles. The number of fused-ring (bicyclic) bond motifs is 4. The van der Waals surface area contributed by atoms with Gasteiger partial charge >= 0.3 is 0 Å². The minimum absolute atomic E-state index is 0.297. The average Bonchev–Trinajstić information content (AvgIpc) is 3.27. The smallest absolute Gasteiger partial charge is 0.232 e. The van der Waals surface area contributed by atoms with Crippen molar-refractivity contribution in [3.8, 4) is 11.3 Å². The second kappa shape index (κ2) is 10.3. The molecule has 1 saturated carbocycles. The number of nitrogens with one attached hydrogen (secondary N) is 2. The van der Waals surface area contributed by atoms with Crippen LogP contribution in [0, 0.1) is 19.8 Å². The monoisotopic (exact) mass is 499 g/mol. The van der Waals surface area contributed by atoms with E-state index in [0.717, 1.165) is 37.1 Å². The molecule has 2 bridgehead atoms. The molecule has 4 heteroatoms. The summed E-state index contributed by atoms with van der Waals surface area (Å²) in [6.07, 6.45) is 6.06. The van der Waals surface area contributed by atoms with Crippen LogP contribution in [0.25, 0.3) is 22.2 Å². The van der Waals surface area contributed by atoms with Gasteiger partial charge in [0.05, 0.1) is 11.1 Å². The van der Waals surface area contributed by atoms with Gasteiger partial charge in [-0.15, -0.1) is 0 Å². The minimum Gasteiger partial charge on any atom is -0.354 e. The third kappa shape index (κ3) is 4.97. The lowest BCUT2D eigenvalue weighted by molar-refractivity contribution is -0.144. The van der Waals surface area contributed by atoms with Gasteiger partial charge in [0.1, 0.15) is 0 Å².